The fourth-order valence-electron chi connectivity index (χ4n) is 2.22. The molecule has 1 fully saturated rings. The normalized spacial score (nSPS) is 17.2. The van der Waals surface area contributed by atoms with Gasteiger partial charge in [-0.1, -0.05) is 11.6 Å². The SMILES string of the molecule is O=S(=O)(c1cnc2ccc(F)cc2c1Cl)N1CCOCC1. The van der Waals surface area contributed by atoms with Crippen molar-refractivity contribution in [3.63, 3.8) is 0 Å². The van der Waals surface area contributed by atoms with Gasteiger partial charge in [-0.15, -0.1) is 0 Å². The highest BCUT2D eigenvalue weighted by Crippen LogP contribution is 2.31. The standard InChI is InChI=1S/C13H12ClFN2O3S/c14-13-10-7-9(15)1-2-11(10)16-8-12(13)21(18,19)17-3-5-20-6-4-17/h1-2,7-8H,3-6H2. The summed E-state index contributed by atoms with van der Waals surface area (Å²) in [5, 5.41) is 0.275. The fourth-order valence-corrected chi connectivity index (χ4v) is 4.14. The Labute approximate surface area is 126 Å². The molecule has 3 rings (SSSR count). The van der Waals surface area contributed by atoms with Gasteiger partial charge in [0.1, 0.15) is 10.7 Å². The average molecular weight is 331 g/mol. The first kappa shape index (κ1) is 14.6. The van der Waals surface area contributed by atoms with Crippen LogP contribution in [0.5, 0.6) is 0 Å². The van der Waals surface area contributed by atoms with Crippen LogP contribution in [0.3, 0.4) is 0 Å². The molecule has 0 bridgehead atoms. The van der Waals surface area contributed by atoms with Gasteiger partial charge in [-0.3, -0.25) is 4.98 Å². The summed E-state index contributed by atoms with van der Waals surface area (Å²) < 4.78 is 45.0. The zero-order chi connectivity index (χ0) is 15.0. The topological polar surface area (TPSA) is 59.5 Å². The molecule has 1 saturated heterocycles. The van der Waals surface area contributed by atoms with Crippen molar-refractivity contribution in [2.75, 3.05) is 26.3 Å². The van der Waals surface area contributed by atoms with E-state index < -0.39 is 15.8 Å². The number of rotatable bonds is 2. The number of benzene rings is 1. The van der Waals surface area contributed by atoms with Crippen LogP contribution in [0.15, 0.2) is 29.3 Å². The summed E-state index contributed by atoms with van der Waals surface area (Å²) in [6.07, 6.45) is 1.22. The highest BCUT2D eigenvalue weighted by atomic mass is 35.5. The van der Waals surface area contributed by atoms with Crippen LogP contribution in [0.25, 0.3) is 10.9 Å². The summed E-state index contributed by atoms with van der Waals surface area (Å²) in [5.41, 5.74) is 0.447. The molecule has 0 radical (unpaired) electrons. The quantitative estimate of drug-likeness (QED) is 0.845. The maximum atomic E-state index is 13.3. The van der Waals surface area contributed by atoms with Gasteiger partial charge in [-0.25, -0.2) is 12.8 Å². The summed E-state index contributed by atoms with van der Waals surface area (Å²) >= 11 is 6.17. The Hall–Kier alpha value is -1.28. The zero-order valence-corrected chi connectivity index (χ0v) is 12.5. The third-order valence-corrected chi connectivity index (χ3v) is 5.75. The fraction of sp³-hybridized carbons (Fsp3) is 0.308. The lowest BCUT2D eigenvalue weighted by molar-refractivity contribution is 0.0730. The molecule has 0 saturated carbocycles. The molecule has 21 heavy (non-hydrogen) atoms. The van der Waals surface area contributed by atoms with Gasteiger partial charge in [0.05, 0.1) is 23.8 Å². The second-order valence-electron chi connectivity index (χ2n) is 4.61. The molecule has 0 aliphatic carbocycles. The van der Waals surface area contributed by atoms with Gasteiger partial charge in [0.15, 0.2) is 0 Å². The number of halogens is 2. The van der Waals surface area contributed by atoms with E-state index in [2.05, 4.69) is 4.98 Å². The van der Waals surface area contributed by atoms with Crippen molar-refractivity contribution in [3.8, 4) is 0 Å². The van der Waals surface area contributed by atoms with E-state index in [1.165, 1.54) is 28.7 Å². The largest absolute Gasteiger partial charge is 0.379 e. The van der Waals surface area contributed by atoms with E-state index in [4.69, 9.17) is 16.3 Å². The summed E-state index contributed by atoms with van der Waals surface area (Å²) in [6.45, 7) is 1.21. The van der Waals surface area contributed by atoms with E-state index in [1.54, 1.807) is 0 Å². The highest BCUT2D eigenvalue weighted by Gasteiger charge is 2.29. The van der Waals surface area contributed by atoms with E-state index in [0.717, 1.165) is 0 Å². The van der Waals surface area contributed by atoms with Gasteiger partial charge in [-0.2, -0.15) is 4.31 Å². The number of morpholine rings is 1. The molecule has 0 amide bonds. The smallest absolute Gasteiger partial charge is 0.246 e. The first-order valence-corrected chi connectivity index (χ1v) is 8.13. The number of nitrogens with zero attached hydrogens (tertiary/aromatic N) is 2. The van der Waals surface area contributed by atoms with Crippen molar-refractivity contribution in [3.05, 3.63) is 35.2 Å². The van der Waals surface area contributed by atoms with Gasteiger partial charge >= 0.3 is 0 Å². The zero-order valence-electron chi connectivity index (χ0n) is 10.9. The third-order valence-electron chi connectivity index (χ3n) is 3.32. The summed E-state index contributed by atoms with van der Waals surface area (Å²) in [6, 6.07) is 3.90. The van der Waals surface area contributed by atoms with Crippen LogP contribution in [-0.4, -0.2) is 44.0 Å². The van der Waals surface area contributed by atoms with E-state index in [1.807, 2.05) is 0 Å². The Balaban J connectivity index is 2.13. The number of hydrogen-bond acceptors (Lipinski definition) is 4. The molecule has 0 spiro atoms. The Morgan fingerprint density at radius 3 is 2.71 bits per heavy atom. The molecule has 1 aromatic heterocycles. The highest BCUT2D eigenvalue weighted by molar-refractivity contribution is 7.89. The maximum Gasteiger partial charge on any atom is 0.246 e. The Kier molecular flexibility index (Phi) is 3.83. The molecule has 2 heterocycles. The molecule has 0 atom stereocenters. The molecule has 112 valence electrons. The lowest BCUT2D eigenvalue weighted by atomic mass is 10.2. The van der Waals surface area contributed by atoms with Crippen LogP contribution in [0.4, 0.5) is 4.39 Å². The molecule has 1 aromatic carbocycles. The summed E-state index contributed by atoms with van der Waals surface area (Å²) in [7, 11) is -3.76. The second kappa shape index (κ2) is 5.49. The van der Waals surface area contributed by atoms with Crippen LogP contribution >= 0.6 is 11.6 Å². The number of sulfonamides is 1. The lowest BCUT2D eigenvalue weighted by Crippen LogP contribution is -2.40. The number of hydrogen-bond donors (Lipinski definition) is 0. The molecule has 8 heteroatoms. The third kappa shape index (κ3) is 2.62. The molecule has 0 N–H and O–H groups in total. The van der Waals surface area contributed by atoms with Gasteiger partial charge in [-0.05, 0) is 18.2 Å². The Morgan fingerprint density at radius 1 is 1.29 bits per heavy atom. The van der Waals surface area contributed by atoms with Crippen LogP contribution in [0.1, 0.15) is 0 Å². The van der Waals surface area contributed by atoms with Crippen molar-refractivity contribution in [2.45, 2.75) is 4.90 Å². The minimum absolute atomic E-state index is 0.00834. The van der Waals surface area contributed by atoms with E-state index in [0.29, 0.717) is 18.7 Å². The molecular weight excluding hydrogens is 319 g/mol. The maximum absolute atomic E-state index is 13.3. The Morgan fingerprint density at radius 2 is 2.00 bits per heavy atom. The van der Waals surface area contributed by atoms with Gasteiger partial charge < -0.3 is 4.74 Å². The molecular formula is C13H12ClFN2O3S. The number of fused-ring (bicyclic) bond motifs is 1. The molecule has 0 unspecified atom stereocenters. The van der Waals surface area contributed by atoms with E-state index in [-0.39, 0.29) is 28.4 Å². The first-order chi connectivity index (χ1) is 10.00. The Bertz CT molecular complexity index is 791. The van der Waals surface area contributed by atoms with Crippen molar-refractivity contribution in [2.24, 2.45) is 0 Å². The summed E-state index contributed by atoms with van der Waals surface area (Å²) in [4.78, 5) is 3.95. The number of ether oxygens (including phenoxy) is 1. The predicted molar refractivity (Wildman–Crippen MR) is 76.3 cm³/mol. The van der Waals surface area contributed by atoms with E-state index >= 15 is 0 Å². The van der Waals surface area contributed by atoms with Gasteiger partial charge in [0.2, 0.25) is 10.0 Å². The first-order valence-electron chi connectivity index (χ1n) is 6.32. The van der Waals surface area contributed by atoms with Gasteiger partial charge in [0, 0.05) is 24.7 Å². The minimum atomic E-state index is -3.76. The van der Waals surface area contributed by atoms with Crippen molar-refractivity contribution in [1.82, 2.24) is 9.29 Å². The van der Waals surface area contributed by atoms with Crippen LogP contribution in [-0.2, 0) is 14.8 Å². The van der Waals surface area contributed by atoms with Crippen molar-refractivity contribution >= 4 is 32.5 Å². The molecule has 1 aliphatic rings. The van der Waals surface area contributed by atoms with Gasteiger partial charge in [0.25, 0.3) is 0 Å². The summed E-state index contributed by atoms with van der Waals surface area (Å²) in [5.74, 6) is -0.493. The molecule has 2 aromatic rings. The van der Waals surface area contributed by atoms with Crippen molar-refractivity contribution < 1.29 is 17.5 Å². The van der Waals surface area contributed by atoms with Crippen LogP contribution in [0, 0.1) is 5.82 Å². The molecule has 1 aliphatic heterocycles. The van der Waals surface area contributed by atoms with E-state index in [9.17, 15) is 12.8 Å². The molecule has 5 nitrogen and oxygen atoms in total. The van der Waals surface area contributed by atoms with Crippen LogP contribution < -0.4 is 0 Å². The predicted octanol–water partition coefficient (Wildman–Crippen LogP) is 2.05. The minimum Gasteiger partial charge on any atom is -0.379 e. The van der Waals surface area contributed by atoms with Crippen LogP contribution in [0.2, 0.25) is 5.02 Å². The monoisotopic (exact) mass is 330 g/mol. The number of pyridine rings is 1. The van der Waals surface area contributed by atoms with Crippen molar-refractivity contribution in [1.29, 1.82) is 0 Å². The number of aromatic nitrogens is 1. The second-order valence-corrected chi connectivity index (χ2v) is 6.90. The average Bonchev–Trinajstić information content (AvgIpc) is 2.49. The lowest BCUT2D eigenvalue weighted by Gasteiger charge is -2.26.